The second kappa shape index (κ2) is 45.8. The van der Waals surface area contributed by atoms with Crippen molar-refractivity contribution in [3.05, 3.63) is 60.8 Å². The van der Waals surface area contributed by atoms with E-state index in [2.05, 4.69) is 81.5 Å². The standard InChI is InChI=1S/C51H88O6/c1-4-7-10-13-16-18-20-22-23-24-25-26-27-29-30-32-35-38-41-44-50(53)56-47-48(46-55-49(52)43-40-37-34-15-12-9-6-3)57-51(54)45-42-39-36-33-31-28-21-19-17-14-11-8-5-2/h7,10,16,18,22-23,25-26,29-30,48H,4-6,8-9,11-15,17,19-21,24,27-28,31-47H2,1-3H3/b10-7-,18-16-,23-22-,26-25-,30-29-. The molecule has 0 aromatic carbocycles. The van der Waals surface area contributed by atoms with Crippen molar-refractivity contribution < 1.29 is 28.6 Å². The molecule has 0 aromatic heterocycles. The van der Waals surface area contributed by atoms with Crippen LogP contribution >= 0.6 is 0 Å². The number of hydrogen-bond acceptors (Lipinski definition) is 6. The molecule has 0 aliphatic carbocycles. The van der Waals surface area contributed by atoms with Crippen molar-refractivity contribution in [1.82, 2.24) is 0 Å². The molecule has 6 nitrogen and oxygen atoms in total. The molecule has 1 atom stereocenters. The highest BCUT2D eigenvalue weighted by atomic mass is 16.6. The molecule has 0 aliphatic heterocycles. The van der Waals surface area contributed by atoms with Crippen LogP contribution in [0.3, 0.4) is 0 Å². The number of allylic oxidation sites excluding steroid dienone is 10. The van der Waals surface area contributed by atoms with E-state index in [0.717, 1.165) is 96.3 Å². The average Bonchev–Trinajstić information content (AvgIpc) is 3.21. The van der Waals surface area contributed by atoms with Gasteiger partial charge in [-0.3, -0.25) is 14.4 Å². The molecule has 0 aliphatic rings. The third kappa shape index (κ3) is 44.1. The SMILES string of the molecule is CC/C=C\C/C=C\C/C=C\C/C=C\C/C=C\CCCCCC(=O)OCC(COC(=O)CCCCCCCCC)OC(=O)CCCCCCCCCCCCCCC. The van der Waals surface area contributed by atoms with Crippen molar-refractivity contribution in [2.45, 2.75) is 232 Å². The van der Waals surface area contributed by atoms with E-state index >= 15 is 0 Å². The van der Waals surface area contributed by atoms with Crippen LogP contribution in [0.25, 0.3) is 0 Å². The highest BCUT2D eigenvalue weighted by Crippen LogP contribution is 2.14. The van der Waals surface area contributed by atoms with Gasteiger partial charge in [-0.05, 0) is 64.2 Å². The molecule has 57 heavy (non-hydrogen) atoms. The van der Waals surface area contributed by atoms with E-state index in [-0.39, 0.29) is 31.1 Å². The van der Waals surface area contributed by atoms with Crippen molar-refractivity contribution >= 4 is 17.9 Å². The van der Waals surface area contributed by atoms with Crippen LogP contribution < -0.4 is 0 Å². The fraction of sp³-hybridized carbons (Fsp3) is 0.745. The summed E-state index contributed by atoms with van der Waals surface area (Å²) in [5, 5.41) is 0. The van der Waals surface area contributed by atoms with Crippen LogP contribution in [-0.2, 0) is 28.6 Å². The fourth-order valence-electron chi connectivity index (χ4n) is 6.47. The fourth-order valence-corrected chi connectivity index (χ4v) is 6.47. The van der Waals surface area contributed by atoms with Gasteiger partial charge >= 0.3 is 17.9 Å². The summed E-state index contributed by atoms with van der Waals surface area (Å²) in [5.74, 6) is -0.922. The molecule has 0 spiro atoms. The minimum Gasteiger partial charge on any atom is -0.462 e. The Hall–Kier alpha value is -2.89. The van der Waals surface area contributed by atoms with Crippen LogP contribution in [0.5, 0.6) is 0 Å². The summed E-state index contributed by atoms with van der Waals surface area (Å²) in [6.07, 6.45) is 55.0. The van der Waals surface area contributed by atoms with Gasteiger partial charge in [0.15, 0.2) is 6.10 Å². The summed E-state index contributed by atoms with van der Waals surface area (Å²) in [7, 11) is 0. The second-order valence-corrected chi connectivity index (χ2v) is 15.6. The Morgan fingerprint density at radius 3 is 1.07 bits per heavy atom. The molecular formula is C51H88O6. The summed E-state index contributed by atoms with van der Waals surface area (Å²) in [6, 6.07) is 0. The van der Waals surface area contributed by atoms with E-state index in [4.69, 9.17) is 14.2 Å². The van der Waals surface area contributed by atoms with Gasteiger partial charge in [-0.25, -0.2) is 0 Å². The third-order valence-electron chi connectivity index (χ3n) is 10.0. The van der Waals surface area contributed by atoms with Gasteiger partial charge in [0.2, 0.25) is 0 Å². The number of esters is 3. The van der Waals surface area contributed by atoms with Gasteiger partial charge in [-0.2, -0.15) is 0 Å². The Labute approximate surface area is 351 Å². The summed E-state index contributed by atoms with van der Waals surface area (Å²) in [5.41, 5.74) is 0. The maximum absolute atomic E-state index is 12.7. The lowest BCUT2D eigenvalue weighted by Crippen LogP contribution is -2.30. The number of unbranched alkanes of at least 4 members (excludes halogenated alkanes) is 21. The predicted octanol–water partition coefficient (Wildman–Crippen LogP) is 15.3. The number of hydrogen-bond donors (Lipinski definition) is 0. The largest absolute Gasteiger partial charge is 0.462 e. The topological polar surface area (TPSA) is 78.9 Å². The highest BCUT2D eigenvalue weighted by molar-refractivity contribution is 5.71. The summed E-state index contributed by atoms with van der Waals surface area (Å²) in [6.45, 7) is 6.45. The summed E-state index contributed by atoms with van der Waals surface area (Å²) in [4.78, 5) is 37.7. The quantitative estimate of drug-likeness (QED) is 0.0265. The maximum atomic E-state index is 12.7. The summed E-state index contributed by atoms with van der Waals surface area (Å²) >= 11 is 0. The van der Waals surface area contributed by atoms with Crippen LogP contribution in [0.15, 0.2) is 60.8 Å². The third-order valence-corrected chi connectivity index (χ3v) is 10.0. The van der Waals surface area contributed by atoms with E-state index in [1.54, 1.807) is 0 Å². The molecule has 6 heteroatoms. The minimum atomic E-state index is -0.781. The Morgan fingerprint density at radius 1 is 0.368 bits per heavy atom. The van der Waals surface area contributed by atoms with Gasteiger partial charge in [0.25, 0.3) is 0 Å². The minimum absolute atomic E-state index is 0.0831. The smallest absolute Gasteiger partial charge is 0.306 e. The average molecular weight is 797 g/mol. The molecule has 0 saturated heterocycles. The van der Waals surface area contributed by atoms with Crippen molar-refractivity contribution in [1.29, 1.82) is 0 Å². The van der Waals surface area contributed by atoms with E-state index in [1.807, 2.05) is 0 Å². The molecule has 0 fully saturated rings. The van der Waals surface area contributed by atoms with Crippen LogP contribution in [0.4, 0.5) is 0 Å². The van der Waals surface area contributed by atoms with Gasteiger partial charge in [0, 0.05) is 19.3 Å². The molecule has 328 valence electrons. The van der Waals surface area contributed by atoms with Gasteiger partial charge < -0.3 is 14.2 Å². The zero-order valence-electron chi connectivity index (χ0n) is 37.3. The molecule has 0 heterocycles. The first-order chi connectivity index (χ1) is 28.0. The molecule has 0 N–H and O–H groups in total. The van der Waals surface area contributed by atoms with Crippen LogP contribution in [0.2, 0.25) is 0 Å². The van der Waals surface area contributed by atoms with Crippen LogP contribution in [0.1, 0.15) is 226 Å². The molecule has 0 bridgehead atoms. The lowest BCUT2D eigenvalue weighted by molar-refractivity contribution is -0.167. The highest BCUT2D eigenvalue weighted by Gasteiger charge is 2.19. The molecule has 0 rings (SSSR count). The molecule has 0 amide bonds. The first kappa shape index (κ1) is 54.1. The Balaban J connectivity index is 4.34. The number of carbonyl (C=O) groups is 3. The van der Waals surface area contributed by atoms with Gasteiger partial charge in [-0.15, -0.1) is 0 Å². The van der Waals surface area contributed by atoms with Gasteiger partial charge in [-0.1, -0.05) is 204 Å². The van der Waals surface area contributed by atoms with E-state index in [1.165, 1.54) is 89.9 Å². The van der Waals surface area contributed by atoms with Crippen LogP contribution in [0, 0.1) is 0 Å². The lowest BCUT2D eigenvalue weighted by atomic mass is 10.0. The van der Waals surface area contributed by atoms with Crippen molar-refractivity contribution in [2.24, 2.45) is 0 Å². The summed E-state index contributed by atoms with van der Waals surface area (Å²) < 4.78 is 16.7. The second-order valence-electron chi connectivity index (χ2n) is 15.6. The predicted molar refractivity (Wildman–Crippen MR) is 242 cm³/mol. The van der Waals surface area contributed by atoms with Crippen molar-refractivity contribution in [3.63, 3.8) is 0 Å². The zero-order valence-corrected chi connectivity index (χ0v) is 37.3. The van der Waals surface area contributed by atoms with Gasteiger partial charge in [0.05, 0.1) is 0 Å². The van der Waals surface area contributed by atoms with Crippen LogP contribution in [-0.4, -0.2) is 37.2 Å². The molecule has 0 radical (unpaired) electrons. The Kier molecular flexibility index (Phi) is 43.5. The normalized spacial score (nSPS) is 12.5. The molecule has 0 aromatic rings. The van der Waals surface area contributed by atoms with E-state index in [9.17, 15) is 14.4 Å². The van der Waals surface area contributed by atoms with Crippen molar-refractivity contribution in [3.8, 4) is 0 Å². The first-order valence-electron chi connectivity index (χ1n) is 23.8. The van der Waals surface area contributed by atoms with E-state index in [0.29, 0.717) is 19.3 Å². The monoisotopic (exact) mass is 797 g/mol. The molecule has 0 saturated carbocycles. The lowest BCUT2D eigenvalue weighted by Gasteiger charge is -2.18. The molecular weight excluding hydrogens is 709 g/mol. The number of rotatable bonds is 42. The molecule has 1 unspecified atom stereocenters. The van der Waals surface area contributed by atoms with Gasteiger partial charge in [0.1, 0.15) is 13.2 Å². The number of ether oxygens (including phenoxy) is 3. The first-order valence-corrected chi connectivity index (χ1v) is 23.8. The number of carbonyl (C=O) groups excluding carboxylic acids is 3. The Bertz CT molecular complexity index is 1050. The van der Waals surface area contributed by atoms with E-state index < -0.39 is 6.10 Å². The van der Waals surface area contributed by atoms with Crippen molar-refractivity contribution in [2.75, 3.05) is 13.2 Å². The Morgan fingerprint density at radius 2 is 0.684 bits per heavy atom. The zero-order chi connectivity index (χ0) is 41.5. The maximum Gasteiger partial charge on any atom is 0.306 e.